The van der Waals surface area contributed by atoms with Gasteiger partial charge in [0, 0.05) is 35.3 Å². The first-order valence-electron chi connectivity index (χ1n) is 6.32. The van der Waals surface area contributed by atoms with Crippen LogP contribution in [0.25, 0.3) is 0 Å². The van der Waals surface area contributed by atoms with Crippen LogP contribution in [0.3, 0.4) is 0 Å². The van der Waals surface area contributed by atoms with Crippen LogP contribution in [0.1, 0.15) is 25.5 Å². The number of aromatic nitrogens is 1. The fraction of sp³-hybridized carbons (Fsp3) is 0.200. The molecular weight excluding hydrogens is 270 g/mol. The van der Waals surface area contributed by atoms with Gasteiger partial charge in [-0.3, -0.25) is 4.79 Å². The third-order valence-corrected chi connectivity index (χ3v) is 3.72. The van der Waals surface area contributed by atoms with Crippen LogP contribution in [0.4, 0.5) is 5.69 Å². The number of nitrogens with zero attached hydrogens (tertiary/aromatic N) is 1. The van der Waals surface area contributed by atoms with Gasteiger partial charge in [-0.05, 0) is 37.3 Å². The SMILES string of the molecule is CC(=O)Nc1ccc(Sc2ncccc2[C@@H](C)N)cc1. The minimum absolute atomic E-state index is 0.0511. The van der Waals surface area contributed by atoms with Gasteiger partial charge in [-0.15, -0.1) is 0 Å². The number of hydrogen-bond acceptors (Lipinski definition) is 4. The summed E-state index contributed by atoms with van der Waals surface area (Å²) in [5.41, 5.74) is 7.76. The van der Waals surface area contributed by atoms with Crippen molar-refractivity contribution in [3.63, 3.8) is 0 Å². The van der Waals surface area contributed by atoms with Gasteiger partial charge in [-0.1, -0.05) is 17.8 Å². The zero-order chi connectivity index (χ0) is 14.5. The van der Waals surface area contributed by atoms with Crippen LogP contribution >= 0.6 is 11.8 Å². The number of carbonyl (C=O) groups is 1. The smallest absolute Gasteiger partial charge is 0.221 e. The molecule has 104 valence electrons. The maximum absolute atomic E-state index is 11.0. The lowest BCUT2D eigenvalue weighted by atomic mass is 10.2. The Morgan fingerprint density at radius 2 is 2.00 bits per heavy atom. The highest BCUT2D eigenvalue weighted by Gasteiger charge is 2.09. The van der Waals surface area contributed by atoms with Crippen LogP contribution in [0.2, 0.25) is 0 Å². The number of pyridine rings is 1. The molecule has 0 aliphatic carbocycles. The summed E-state index contributed by atoms with van der Waals surface area (Å²) in [6.45, 7) is 3.44. The van der Waals surface area contributed by atoms with Gasteiger partial charge >= 0.3 is 0 Å². The molecule has 0 radical (unpaired) electrons. The maximum Gasteiger partial charge on any atom is 0.221 e. The molecule has 1 aromatic carbocycles. The summed E-state index contributed by atoms with van der Waals surface area (Å²) in [4.78, 5) is 16.4. The summed E-state index contributed by atoms with van der Waals surface area (Å²) in [6.07, 6.45) is 1.76. The normalized spacial score (nSPS) is 11.9. The first-order chi connectivity index (χ1) is 9.56. The molecule has 0 spiro atoms. The number of amides is 1. The van der Waals surface area contributed by atoms with Gasteiger partial charge in [0.2, 0.25) is 5.91 Å². The summed E-state index contributed by atoms with van der Waals surface area (Å²) in [5.74, 6) is -0.0747. The fourth-order valence-electron chi connectivity index (χ4n) is 1.76. The van der Waals surface area contributed by atoms with E-state index in [4.69, 9.17) is 5.73 Å². The van der Waals surface area contributed by atoms with Crippen molar-refractivity contribution in [1.82, 2.24) is 4.98 Å². The second-order valence-electron chi connectivity index (χ2n) is 4.49. The first kappa shape index (κ1) is 14.6. The molecule has 0 fully saturated rings. The van der Waals surface area contributed by atoms with E-state index in [1.54, 1.807) is 18.0 Å². The molecule has 1 amide bonds. The van der Waals surface area contributed by atoms with E-state index < -0.39 is 0 Å². The van der Waals surface area contributed by atoms with E-state index in [-0.39, 0.29) is 11.9 Å². The molecule has 0 saturated carbocycles. The van der Waals surface area contributed by atoms with E-state index in [1.807, 2.05) is 43.3 Å². The number of rotatable bonds is 4. The Bertz CT molecular complexity index is 596. The van der Waals surface area contributed by atoms with E-state index in [0.717, 1.165) is 21.2 Å². The van der Waals surface area contributed by atoms with Gasteiger partial charge in [-0.25, -0.2) is 4.98 Å². The van der Waals surface area contributed by atoms with E-state index in [1.165, 1.54) is 6.92 Å². The maximum atomic E-state index is 11.0. The summed E-state index contributed by atoms with van der Waals surface area (Å²) in [6, 6.07) is 11.5. The van der Waals surface area contributed by atoms with Gasteiger partial charge < -0.3 is 11.1 Å². The van der Waals surface area contributed by atoms with Crippen molar-refractivity contribution in [2.45, 2.75) is 29.8 Å². The third-order valence-electron chi connectivity index (χ3n) is 2.68. The summed E-state index contributed by atoms with van der Waals surface area (Å²) in [5, 5.41) is 3.65. The van der Waals surface area contributed by atoms with Gasteiger partial charge in [0.1, 0.15) is 5.03 Å². The predicted molar refractivity (Wildman–Crippen MR) is 81.7 cm³/mol. The molecule has 20 heavy (non-hydrogen) atoms. The number of nitrogens with one attached hydrogen (secondary N) is 1. The number of anilines is 1. The second kappa shape index (κ2) is 6.54. The summed E-state index contributed by atoms with van der Waals surface area (Å²) < 4.78 is 0. The lowest BCUT2D eigenvalue weighted by molar-refractivity contribution is -0.114. The Hall–Kier alpha value is -1.85. The average molecular weight is 287 g/mol. The zero-order valence-corrected chi connectivity index (χ0v) is 12.3. The molecule has 5 heteroatoms. The van der Waals surface area contributed by atoms with Gasteiger partial charge in [-0.2, -0.15) is 0 Å². The monoisotopic (exact) mass is 287 g/mol. The van der Waals surface area contributed by atoms with Gasteiger partial charge in [0.25, 0.3) is 0 Å². The first-order valence-corrected chi connectivity index (χ1v) is 7.14. The van der Waals surface area contributed by atoms with E-state index in [2.05, 4.69) is 10.3 Å². The van der Waals surface area contributed by atoms with Crippen LogP contribution in [-0.2, 0) is 4.79 Å². The van der Waals surface area contributed by atoms with Gasteiger partial charge in [0.05, 0.1) is 0 Å². The van der Waals surface area contributed by atoms with Crippen molar-refractivity contribution in [1.29, 1.82) is 0 Å². The molecule has 1 atom stereocenters. The topological polar surface area (TPSA) is 68.0 Å². The van der Waals surface area contributed by atoms with Crippen LogP contribution in [-0.4, -0.2) is 10.9 Å². The predicted octanol–water partition coefficient (Wildman–Crippen LogP) is 3.21. The molecule has 0 unspecified atom stereocenters. The van der Waals surface area contributed by atoms with Crippen molar-refractivity contribution < 1.29 is 4.79 Å². The number of nitrogens with two attached hydrogens (primary N) is 1. The molecule has 1 aromatic heterocycles. The zero-order valence-electron chi connectivity index (χ0n) is 11.5. The van der Waals surface area contributed by atoms with Crippen LogP contribution in [0.15, 0.2) is 52.5 Å². The van der Waals surface area contributed by atoms with Gasteiger partial charge in [0.15, 0.2) is 0 Å². The molecule has 2 aromatic rings. The van der Waals surface area contributed by atoms with Crippen LogP contribution in [0.5, 0.6) is 0 Å². The lowest BCUT2D eigenvalue weighted by Crippen LogP contribution is -2.07. The summed E-state index contributed by atoms with van der Waals surface area (Å²) >= 11 is 1.57. The Morgan fingerprint density at radius 1 is 1.30 bits per heavy atom. The minimum atomic E-state index is -0.0747. The average Bonchev–Trinajstić information content (AvgIpc) is 2.41. The Morgan fingerprint density at radius 3 is 2.60 bits per heavy atom. The van der Waals surface area contributed by atoms with E-state index >= 15 is 0 Å². The molecule has 2 rings (SSSR count). The third kappa shape index (κ3) is 3.82. The molecule has 0 aliphatic heterocycles. The van der Waals surface area contributed by atoms with Crippen molar-refractivity contribution in [3.8, 4) is 0 Å². The minimum Gasteiger partial charge on any atom is -0.326 e. The Labute approximate surface area is 122 Å². The highest BCUT2D eigenvalue weighted by Crippen LogP contribution is 2.31. The van der Waals surface area contributed by atoms with Crippen molar-refractivity contribution in [3.05, 3.63) is 48.2 Å². The number of hydrogen-bond donors (Lipinski definition) is 2. The molecule has 0 saturated heterocycles. The quantitative estimate of drug-likeness (QED) is 0.906. The highest BCUT2D eigenvalue weighted by atomic mass is 32.2. The van der Waals surface area contributed by atoms with Crippen molar-refractivity contribution in [2.75, 3.05) is 5.32 Å². The molecule has 4 nitrogen and oxygen atoms in total. The number of benzene rings is 1. The largest absolute Gasteiger partial charge is 0.326 e. The highest BCUT2D eigenvalue weighted by molar-refractivity contribution is 7.99. The van der Waals surface area contributed by atoms with Crippen molar-refractivity contribution >= 4 is 23.4 Å². The fourth-order valence-corrected chi connectivity index (χ4v) is 2.74. The lowest BCUT2D eigenvalue weighted by Gasteiger charge is -2.11. The van der Waals surface area contributed by atoms with Crippen molar-refractivity contribution in [2.24, 2.45) is 5.73 Å². The van der Waals surface area contributed by atoms with E-state index in [0.29, 0.717) is 0 Å². The molecule has 0 bridgehead atoms. The second-order valence-corrected chi connectivity index (χ2v) is 5.56. The number of carbonyl (C=O) groups excluding carboxylic acids is 1. The Kier molecular flexibility index (Phi) is 4.76. The summed E-state index contributed by atoms with van der Waals surface area (Å²) in [7, 11) is 0. The Balaban J connectivity index is 2.16. The van der Waals surface area contributed by atoms with Crippen LogP contribution in [0, 0.1) is 0 Å². The van der Waals surface area contributed by atoms with Crippen LogP contribution < -0.4 is 11.1 Å². The molecule has 1 heterocycles. The molecule has 3 N–H and O–H groups in total. The van der Waals surface area contributed by atoms with E-state index in [9.17, 15) is 4.79 Å². The standard InChI is InChI=1S/C15H17N3OS/c1-10(16)14-4-3-9-17-15(14)20-13-7-5-12(6-8-13)18-11(2)19/h3-10H,16H2,1-2H3,(H,18,19)/t10-/m1/s1. The molecular formula is C15H17N3OS. The molecule has 0 aliphatic rings.